The third kappa shape index (κ3) is 7.11. The summed E-state index contributed by atoms with van der Waals surface area (Å²) in [5.74, 6) is -0.795. The number of hydrogen-bond donors (Lipinski definition) is 0. The molecule has 0 saturated carbocycles. The normalized spacial score (nSPS) is 15.5. The van der Waals surface area contributed by atoms with Crippen LogP contribution in [0.3, 0.4) is 0 Å². The van der Waals surface area contributed by atoms with E-state index in [2.05, 4.69) is 4.40 Å². The van der Waals surface area contributed by atoms with Crippen molar-refractivity contribution in [2.24, 2.45) is 9.81 Å². The quantitative estimate of drug-likeness (QED) is 0.554. The predicted octanol–water partition coefficient (Wildman–Crippen LogP) is 3.52. The maximum atomic E-state index is 13.0. The van der Waals surface area contributed by atoms with Crippen LogP contribution in [-0.2, 0) is 20.5 Å². The fourth-order valence-electron chi connectivity index (χ4n) is 1.17. The average Bonchev–Trinajstić information content (AvgIpc) is 2.25. The summed E-state index contributed by atoms with van der Waals surface area (Å²) in [5.41, 5.74) is -1.65. The monoisotopic (exact) mass is 325 g/mol. The summed E-state index contributed by atoms with van der Waals surface area (Å²) in [6.45, 7) is 11.0. The van der Waals surface area contributed by atoms with Crippen LogP contribution in [0, 0.1) is 5.41 Å². The van der Waals surface area contributed by atoms with Crippen LogP contribution >= 0.6 is 0 Å². The highest BCUT2D eigenvalue weighted by atomic mass is 32.2. The molecular formula is C14H25F2NO3S. The van der Waals surface area contributed by atoms with Gasteiger partial charge in [-0.05, 0) is 34.6 Å². The molecule has 0 fully saturated rings. The highest BCUT2D eigenvalue weighted by Gasteiger charge is 2.35. The van der Waals surface area contributed by atoms with Crippen LogP contribution in [0.15, 0.2) is 4.40 Å². The minimum atomic E-state index is -2.63. The van der Waals surface area contributed by atoms with E-state index in [1.54, 1.807) is 34.6 Å². The molecule has 4 nitrogen and oxygen atoms in total. The van der Waals surface area contributed by atoms with E-state index >= 15 is 0 Å². The zero-order valence-electron chi connectivity index (χ0n) is 13.7. The van der Waals surface area contributed by atoms with Crippen molar-refractivity contribution in [2.75, 3.05) is 0 Å². The molecule has 0 saturated heterocycles. The van der Waals surface area contributed by atoms with Crippen molar-refractivity contribution in [3.05, 3.63) is 0 Å². The van der Waals surface area contributed by atoms with E-state index in [1.807, 2.05) is 0 Å². The van der Waals surface area contributed by atoms with Gasteiger partial charge in [-0.15, -0.1) is 0 Å². The molecule has 0 aliphatic heterocycles. The number of alkyl halides is 2. The first-order chi connectivity index (χ1) is 9.27. The van der Waals surface area contributed by atoms with Crippen molar-refractivity contribution < 1.29 is 22.5 Å². The van der Waals surface area contributed by atoms with Crippen LogP contribution in [0.2, 0.25) is 0 Å². The van der Waals surface area contributed by atoms with Gasteiger partial charge in [0.15, 0.2) is 0 Å². The van der Waals surface area contributed by atoms with Gasteiger partial charge in [-0.2, -0.15) is 4.40 Å². The van der Waals surface area contributed by atoms with Crippen LogP contribution in [-0.4, -0.2) is 33.2 Å². The van der Waals surface area contributed by atoms with Crippen molar-refractivity contribution in [3.63, 3.8) is 0 Å². The summed E-state index contributed by atoms with van der Waals surface area (Å²) in [4.78, 5) is 12.0. The summed E-state index contributed by atoms with van der Waals surface area (Å²) < 4.78 is 46.2. The van der Waals surface area contributed by atoms with Gasteiger partial charge in [0.05, 0.1) is 10.9 Å². The lowest BCUT2D eigenvalue weighted by Crippen LogP contribution is -2.32. The molecule has 0 bridgehead atoms. The largest absolute Gasteiger partial charge is 0.458 e. The molecule has 1 atom stereocenters. The van der Waals surface area contributed by atoms with Gasteiger partial charge in [0.1, 0.15) is 16.7 Å². The lowest BCUT2D eigenvalue weighted by molar-refractivity contribution is -0.139. The van der Waals surface area contributed by atoms with E-state index in [-0.39, 0.29) is 12.1 Å². The van der Waals surface area contributed by atoms with E-state index in [1.165, 1.54) is 13.8 Å². The van der Waals surface area contributed by atoms with Crippen molar-refractivity contribution in [1.29, 1.82) is 0 Å². The zero-order chi connectivity index (χ0) is 17.0. The third-order valence-electron chi connectivity index (χ3n) is 2.51. The van der Waals surface area contributed by atoms with Gasteiger partial charge < -0.3 is 4.74 Å². The molecule has 1 unspecified atom stereocenters. The number of rotatable bonds is 6. The number of hydrogen-bond acceptors (Lipinski definition) is 3. The first-order valence-corrected chi connectivity index (χ1v) is 7.86. The Labute approximate surface area is 127 Å². The Morgan fingerprint density at radius 3 is 2.00 bits per heavy atom. The molecule has 0 spiro atoms. The number of halogens is 2. The third-order valence-corrected chi connectivity index (χ3v) is 3.94. The summed E-state index contributed by atoms with van der Waals surface area (Å²) in [6.07, 6.45) is -3.32. The number of carbonyl (C=O) groups excluding carboxylic acids is 1. The molecule has 21 heavy (non-hydrogen) atoms. The lowest BCUT2D eigenvalue weighted by Gasteiger charge is -2.24. The highest BCUT2D eigenvalue weighted by Crippen LogP contribution is 2.30. The average molecular weight is 325 g/mol. The minimum Gasteiger partial charge on any atom is -0.458 e. The Bertz CT molecular complexity index is 426. The molecule has 7 heteroatoms. The molecule has 0 radical (unpaired) electrons. The second-order valence-electron chi connectivity index (χ2n) is 6.82. The molecular weight excluding hydrogens is 300 g/mol. The highest BCUT2D eigenvalue weighted by molar-refractivity contribution is 7.85. The first-order valence-electron chi connectivity index (χ1n) is 6.76. The molecule has 0 amide bonds. The van der Waals surface area contributed by atoms with E-state index in [0.717, 1.165) is 0 Å². The van der Waals surface area contributed by atoms with Crippen LogP contribution < -0.4 is 0 Å². The van der Waals surface area contributed by atoms with Gasteiger partial charge in [0.2, 0.25) is 6.43 Å². The van der Waals surface area contributed by atoms with Gasteiger partial charge in [-0.3, -0.25) is 0 Å². The van der Waals surface area contributed by atoms with E-state index in [4.69, 9.17) is 4.74 Å². The van der Waals surface area contributed by atoms with Crippen LogP contribution in [0.25, 0.3) is 0 Å². The van der Waals surface area contributed by atoms with Gasteiger partial charge in [0, 0.05) is 11.8 Å². The Balaban J connectivity index is 5.44. The molecule has 0 aromatic rings. The van der Waals surface area contributed by atoms with E-state index in [0.29, 0.717) is 0 Å². The van der Waals surface area contributed by atoms with Gasteiger partial charge >= 0.3 is 5.97 Å². The summed E-state index contributed by atoms with van der Waals surface area (Å²) in [6, 6.07) is 0. The maximum Gasteiger partial charge on any atom is 0.353 e. The van der Waals surface area contributed by atoms with Crippen molar-refractivity contribution in [2.45, 2.75) is 72.2 Å². The second kappa shape index (κ2) is 7.42. The smallest absolute Gasteiger partial charge is 0.353 e. The Kier molecular flexibility index (Phi) is 7.12. The Hall–Kier alpha value is -0.850. The number of esters is 1. The van der Waals surface area contributed by atoms with Crippen molar-refractivity contribution >= 4 is 22.7 Å². The first kappa shape index (κ1) is 20.1. The Morgan fingerprint density at radius 1 is 1.19 bits per heavy atom. The van der Waals surface area contributed by atoms with Crippen molar-refractivity contribution in [3.8, 4) is 0 Å². The predicted molar refractivity (Wildman–Crippen MR) is 81.0 cm³/mol. The Morgan fingerprint density at radius 2 is 1.67 bits per heavy atom. The topological polar surface area (TPSA) is 55.7 Å². The number of nitrogens with zero attached hydrogens (tertiary/aromatic N) is 1. The minimum absolute atomic E-state index is 0.206. The number of ether oxygens (including phenoxy) is 1. The summed E-state index contributed by atoms with van der Waals surface area (Å²) in [7, 11) is -1.71. The molecule has 0 aliphatic rings. The maximum absolute atomic E-state index is 13.0. The van der Waals surface area contributed by atoms with Crippen LogP contribution in [0.4, 0.5) is 8.78 Å². The summed E-state index contributed by atoms with van der Waals surface area (Å²) >= 11 is 0. The standard InChI is InChI=1S/C14H25F2NO3S/c1-9(2)20-11(18)10(8-14(6,7)12(15)16)17-21(19)13(3,4)5/h9,12H,8H2,1-7H3. The van der Waals surface area contributed by atoms with E-state index < -0.39 is 39.6 Å². The molecule has 0 heterocycles. The van der Waals surface area contributed by atoms with Gasteiger partial charge in [-0.1, -0.05) is 13.8 Å². The molecule has 0 rings (SSSR count). The number of carbonyl (C=O) groups is 1. The lowest BCUT2D eigenvalue weighted by atomic mass is 9.87. The van der Waals surface area contributed by atoms with Gasteiger partial charge in [0.25, 0.3) is 0 Å². The summed E-state index contributed by atoms with van der Waals surface area (Å²) in [5, 5.41) is 0. The fraction of sp³-hybridized carbons (Fsp3) is 0.857. The van der Waals surface area contributed by atoms with Crippen LogP contribution in [0.1, 0.15) is 54.9 Å². The van der Waals surface area contributed by atoms with E-state index in [9.17, 15) is 17.8 Å². The second-order valence-corrected chi connectivity index (χ2v) is 8.73. The zero-order valence-corrected chi connectivity index (χ0v) is 14.5. The van der Waals surface area contributed by atoms with Crippen molar-refractivity contribution in [1.82, 2.24) is 0 Å². The molecule has 0 aromatic heterocycles. The van der Waals surface area contributed by atoms with Gasteiger partial charge in [-0.25, -0.2) is 17.8 Å². The van der Waals surface area contributed by atoms with Crippen LogP contribution in [0.5, 0.6) is 0 Å². The molecule has 0 aromatic carbocycles. The molecule has 0 N–H and O–H groups in total. The molecule has 124 valence electrons. The SMILES string of the molecule is CC(C)OC(=O)C(CC(C)(C)C(F)F)=NS(=O)C(C)(C)C. The molecule has 0 aliphatic carbocycles. The fourth-order valence-corrected chi connectivity index (χ4v) is 1.78.